The summed E-state index contributed by atoms with van der Waals surface area (Å²) < 4.78 is 7.78. The summed E-state index contributed by atoms with van der Waals surface area (Å²) in [4.78, 5) is 17.2. The molecular formula is C25H30ClN3O2. The maximum atomic E-state index is 12.2. The Balaban J connectivity index is 1.25. The lowest BCUT2D eigenvalue weighted by Crippen LogP contribution is -2.46. The molecule has 0 amide bonds. The van der Waals surface area contributed by atoms with Crippen LogP contribution >= 0.6 is 11.6 Å². The van der Waals surface area contributed by atoms with Crippen LogP contribution in [0.25, 0.3) is 10.9 Å². The molecule has 1 fully saturated rings. The minimum atomic E-state index is -0.00230. The predicted octanol–water partition coefficient (Wildman–Crippen LogP) is 4.09. The third kappa shape index (κ3) is 5.29. The van der Waals surface area contributed by atoms with E-state index in [0.29, 0.717) is 6.61 Å². The van der Waals surface area contributed by atoms with E-state index >= 15 is 0 Å². The van der Waals surface area contributed by atoms with E-state index in [1.165, 1.54) is 5.56 Å². The number of halogens is 1. The lowest BCUT2D eigenvalue weighted by Gasteiger charge is -2.34. The third-order valence-corrected chi connectivity index (χ3v) is 6.34. The van der Waals surface area contributed by atoms with E-state index in [4.69, 9.17) is 16.3 Å². The van der Waals surface area contributed by atoms with Gasteiger partial charge in [-0.05, 0) is 42.7 Å². The van der Waals surface area contributed by atoms with Crippen molar-refractivity contribution in [1.82, 2.24) is 14.4 Å². The number of aromatic nitrogens is 1. The molecule has 1 saturated heterocycles. The molecule has 31 heavy (non-hydrogen) atoms. The molecule has 2 heterocycles. The number of ether oxygens (including phenoxy) is 1. The van der Waals surface area contributed by atoms with Gasteiger partial charge in [0.2, 0.25) is 0 Å². The van der Waals surface area contributed by atoms with E-state index in [0.717, 1.165) is 72.9 Å². The quantitative estimate of drug-likeness (QED) is 0.520. The van der Waals surface area contributed by atoms with Crippen molar-refractivity contribution in [3.8, 4) is 5.75 Å². The average Bonchev–Trinajstić information content (AvgIpc) is 2.77. The predicted molar refractivity (Wildman–Crippen MR) is 127 cm³/mol. The van der Waals surface area contributed by atoms with Crippen molar-refractivity contribution in [3.05, 3.63) is 75.0 Å². The third-order valence-electron chi connectivity index (χ3n) is 6.09. The standard InChI is InChI=1S/C25H30ClN3O2/c1-19-17-24(30)27(2)25-22(19)5-3-6-23(25)31-16-4-11-28-12-14-29(15-13-28)18-20-7-9-21(26)10-8-20/h3,5-10,17H,4,11-16,18H2,1-2H3. The molecule has 0 N–H and O–H groups in total. The van der Waals surface area contributed by atoms with Crippen LogP contribution in [0.4, 0.5) is 0 Å². The molecule has 1 aliphatic rings. The molecule has 0 aliphatic carbocycles. The highest BCUT2D eigenvalue weighted by molar-refractivity contribution is 6.30. The summed E-state index contributed by atoms with van der Waals surface area (Å²) in [6, 6.07) is 15.8. The van der Waals surface area contributed by atoms with Gasteiger partial charge in [-0.25, -0.2) is 0 Å². The smallest absolute Gasteiger partial charge is 0.251 e. The number of aryl methyl sites for hydroxylation is 2. The van der Waals surface area contributed by atoms with Crippen LogP contribution in [-0.2, 0) is 13.6 Å². The van der Waals surface area contributed by atoms with Gasteiger partial charge in [0, 0.05) is 62.8 Å². The molecule has 0 spiro atoms. The fourth-order valence-electron chi connectivity index (χ4n) is 4.26. The van der Waals surface area contributed by atoms with Crippen molar-refractivity contribution < 1.29 is 4.74 Å². The van der Waals surface area contributed by atoms with E-state index in [-0.39, 0.29) is 5.56 Å². The number of rotatable bonds is 7. The first-order valence-electron chi connectivity index (χ1n) is 10.9. The van der Waals surface area contributed by atoms with Gasteiger partial charge in [-0.15, -0.1) is 0 Å². The van der Waals surface area contributed by atoms with Gasteiger partial charge in [-0.1, -0.05) is 35.9 Å². The van der Waals surface area contributed by atoms with Gasteiger partial charge >= 0.3 is 0 Å². The molecule has 0 saturated carbocycles. The van der Waals surface area contributed by atoms with Gasteiger partial charge in [-0.2, -0.15) is 0 Å². The average molecular weight is 440 g/mol. The summed E-state index contributed by atoms with van der Waals surface area (Å²) >= 11 is 5.98. The van der Waals surface area contributed by atoms with Gasteiger partial charge < -0.3 is 14.2 Å². The maximum absolute atomic E-state index is 12.2. The Bertz CT molecular complexity index is 1090. The van der Waals surface area contributed by atoms with E-state index < -0.39 is 0 Å². The van der Waals surface area contributed by atoms with Gasteiger partial charge in [0.25, 0.3) is 5.56 Å². The Hall–Kier alpha value is -2.34. The van der Waals surface area contributed by atoms with Crippen molar-refractivity contribution in [2.24, 2.45) is 7.05 Å². The van der Waals surface area contributed by atoms with Crippen LogP contribution in [0, 0.1) is 6.92 Å². The number of nitrogens with zero attached hydrogens (tertiary/aromatic N) is 3. The normalized spacial score (nSPS) is 15.5. The first kappa shape index (κ1) is 21.9. The van der Waals surface area contributed by atoms with Gasteiger partial charge in [0.15, 0.2) is 0 Å². The molecule has 0 unspecified atom stereocenters. The first-order chi connectivity index (χ1) is 15.0. The van der Waals surface area contributed by atoms with Gasteiger partial charge in [0.05, 0.1) is 12.1 Å². The molecule has 164 valence electrons. The van der Waals surface area contributed by atoms with Crippen LogP contribution in [0.3, 0.4) is 0 Å². The zero-order chi connectivity index (χ0) is 21.8. The molecule has 2 aromatic carbocycles. The Morgan fingerprint density at radius 1 is 1.00 bits per heavy atom. The summed E-state index contributed by atoms with van der Waals surface area (Å²) in [6.07, 6.45) is 0.966. The minimum absolute atomic E-state index is 0.00230. The summed E-state index contributed by atoms with van der Waals surface area (Å²) in [7, 11) is 1.81. The fraction of sp³-hybridized carbons (Fsp3) is 0.400. The van der Waals surface area contributed by atoms with Crippen LogP contribution in [-0.4, -0.2) is 53.7 Å². The molecular weight excluding hydrogens is 410 g/mol. The molecule has 4 rings (SSSR count). The largest absolute Gasteiger partial charge is 0.491 e. The van der Waals surface area contributed by atoms with Crippen molar-refractivity contribution >= 4 is 22.5 Å². The highest BCUT2D eigenvalue weighted by atomic mass is 35.5. The Morgan fingerprint density at radius 3 is 2.45 bits per heavy atom. The lowest BCUT2D eigenvalue weighted by molar-refractivity contribution is 0.121. The number of fused-ring (bicyclic) bond motifs is 1. The number of hydrogen-bond donors (Lipinski definition) is 0. The summed E-state index contributed by atoms with van der Waals surface area (Å²) in [6.45, 7) is 8.94. The summed E-state index contributed by atoms with van der Waals surface area (Å²) in [5.41, 5.74) is 3.17. The van der Waals surface area contributed by atoms with Crippen molar-refractivity contribution in [1.29, 1.82) is 0 Å². The fourth-order valence-corrected chi connectivity index (χ4v) is 4.39. The zero-order valence-corrected chi connectivity index (χ0v) is 19.1. The molecule has 0 bridgehead atoms. The highest BCUT2D eigenvalue weighted by Gasteiger charge is 2.17. The second-order valence-corrected chi connectivity index (χ2v) is 8.76. The number of piperazine rings is 1. The van der Waals surface area contributed by atoms with E-state index in [1.54, 1.807) is 17.7 Å². The van der Waals surface area contributed by atoms with Crippen molar-refractivity contribution in [2.45, 2.75) is 19.9 Å². The number of hydrogen-bond acceptors (Lipinski definition) is 4. The van der Waals surface area contributed by atoms with E-state index in [2.05, 4.69) is 21.9 Å². The molecule has 3 aromatic rings. The van der Waals surface area contributed by atoms with Gasteiger partial charge in [0.1, 0.15) is 5.75 Å². The number of benzene rings is 2. The first-order valence-corrected chi connectivity index (χ1v) is 11.3. The second kappa shape index (κ2) is 9.86. The van der Waals surface area contributed by atoms with Crippen LogP contribution in [0.15, 0.2) is 53.3 Å². The molecule has 1 aliphatic heterocycles. The molecule has 0 atom stereocenters. The Morgan fingerprint density at radius 2 is 1.71 bits per heavy atom. The molecule has 6 heteroatoms. The van der Waals surface area contributed by atoms with Crippen LogP contribution in [0.1, 0.15) is 17.5 Å². The van der Waals surface area contributed by atoms with Crippen LogP contribution < -0.4 is 10.3 Å². The number of pyridine rings is 1. The van der Waals surface area contributed by atoms with Crippen molar-refractivity contribution in [3.63, 3.8) is 0 Å². The highest BCUT2D eigenvalue weighted by Crippen LogP contribution is 2.26. The maximum Gasteiger partial charge on any atom is 0.251 e. The Kier molecular flexibility index (Phi) is 6.96. The van der Waals surface area contributed by atoms with E-state index in [9.17, 15) is 4.79 Å². The minimum Gasteiger partial charge on any atom is -0.491 e. The zero-order valence-electron chi connectivity index (χ0n) is 18.3. The number of para-hydroxylation sites is 1. The molecule has 1 aromatic heterocycles. The molecule has 5 nitrogen and oxygen atoms in total. The summed E-state index contributed by atoms with van der Waals surface area (Å²) in [5, 5.41) is 1.85. The van der Waals surface area contributed by atoms with E-state index in [1.807, 2.05) is 37.3 Å². The van der Waals surface area contributed by atoms with Crippen molar-refractivity contribution in [2.75, 3.05) is 39.3 Å². The summed E-state index contributed by atoms with van der Waals surface area (Å²) in [5.74, 6) is 0.786. The Labute approximate surface area is 188 Å². The monoisotopic (exact) mass is 439 g/mol. The van der Waals surface area contributed by atoms with Gasteiger partial charge in [-0.3, -0.25) is 9.69 Å². The van der Waals surface area contributed by atoms with Crippen LogP contribution in [0.5, 0.6) is 5.75 Å². The SMILES string of the molecule is Cc1cc(=O)n(C)c2c(OCCCN3CCN(Cc4ccc(Cl)cc4)CC3)cccc12. The second-order valence-electron chi connectivity index (χ2n) is 8.32. The lowest BCUT2D eigenvalue weighted by atomic mass is 10.1. The van der Waals surface area contributed by atoms with Crippen LogP contribution in [0.2, 0.25) is 5.02 Å². The molecule has 0 radical (unpaired) electrons. The topological polar surface area (TPSA) is 37.7 Å².